The van der Waals surface area contributed by atoms with Gasteiger partial charge in [0.25, 0.3) is 5.91 Å². The molecule has 6 nitrogen and oxygen atoms in total. The highest BCUT2D eigenvalue weighted by molar-refractivity contribution is 5.93. The smallest absolute Gasteiger partial charge is 0.339 e. The van der Waals surface area contributed by atoms with Crippen molar-refractivity contribution >= 4 is 17.6 Å². The van der Waals surface area contributed by atoms with E-state index in [0.717, 1.165) is 6.42 Å². The predicted octanol–water partition coefficient (Wildman–Crippen LogP) is 1.26. The Hall–Kier alpha value is -2.24. The summed E-state index contributed by atoms with van der Waals surface area (Å²) in [6.07, 6.45) is 0.00103. The zero-order valence-corrected chi connectivity index (χ0v) is 11.0. The minimum atomic E-state index is -1.15. The number of carboxylic acid groups (broad SMARTS) is 1. The lowest BCUT2D eigenvalue weighted by Crippen LogP contribution is -2.37. The summed E-state index contributed by atoms with van der Waals surface area (Å²) in [6.45, 7) is 4.02. The van der Waals surface area contributed by atoms with Gasteiger partial charge in [0.15, 0.2) is 11.9 Å². The Labute approximate surface area is 111 Å². The van der Waals surface area contributed by atoms with Gasteiger partial charge in [0.1, 0.15) is 5.56 Å². The number of aromatic carboxylic acids is 1. The van der Waals surface area contributed by atoms with Gasteiger partial charge in [0.2, 0.25) is 0 Å². The first-order valence-electron chi connectivity index (χ1n) is 6.03. The van der Waals surface area contributed by atoms with Crippen LogP contribution in [0, 0.1) is 0 Å². The first-order valence-corrected chi connectivity index (χ1v) is 6.03. The maximum Gasteiger partial charge on any atom is 0.339 e. The van der Waals surface area contributed by atoms with Crippen LogP contribution in [-0.2, 0) is 4.79 Å². The summed E-state index contributed by atoms with van der Waals surface area (Å²) in [7, 11) is 0. The van der Waals surface area contributed by atoms with Gasteiger partial charge in [-0.3, -0.25) is 4.79 Å². The van der Waals surface area contributed by atoms with Crippen LogP contribution in [0.15, 0.2) is 18.2 Å². The van der Waals surface area contributed by atoms with E-state index >= 15 is 0 Å². The molecule has 1 aromatic carbocycles. The van der Waals surface area contributed by atoms with E-state index in [2.05, 4.69) is 5.32 Å². The average Bonchev–Trinajstić information content (AvgIpc) is 2.37. The molecule has 104 valence electrons. The Balaban J connectivity index is 2.87. The molecular weight excluding hydrogens is 248 g/mol. The molecule has 6 heteroatoms. The van der Waals surface area contributed by atoms with Gasteiger partial charge in [-0.1, -0.05) is 13.0 Å². The second-order valence-electron chi connectivity index (χ2n) is 4.08. The van der Waals surface area contributed by atoms with E-state index in [4.69, 9.17) is 15.6 Å². The van der Waals surface area contributed by atoms with E-state index in [1.807, 2.05) is 6.92 Å². The molecule has 0 heterocycles. The molecule has 0 fully saturated rings. The van der Waals surface area contributed by atoms with Crippen molar-refractivity contribution in [3.63, 3.8) is 0 Å². The standard InChI is InChI=1S/C13H18N2O4/c1-3-7-15-12(16)8(2)19-11-9(13(17)18)5-4-6-10(11)14/h4-6,8H,3,7,14H2,1-2H3,(H,15,16)(H,17,18). The molecule has 1 unspecified atom stereocenters. The summed E-state index contributed by atoms with van der Waals surface area (Å²) in [5.41, 5.74) is 5.82. The maximum atomic E-state index is 11.7. The molecule has 0 saturated heterocycles. The third kappa shape index (κ3) is 3.87. The zero-order valence-electron chi connectivity index (χ0n) is 11.0. The van der Waals surface area contributed by atoms with Crippen LogP contribution in [0.1, 0.15) is 30.6 Å². The monoisotopic (exact) mass is 266 g/mol. The molecule has 1 atom stereocenters. The van der Waals surface area contributed by atoms with Crippen molar-refractivity contribution in [2.75, 3.05) is 12.3 Å². The van der Waals surface area contributed by atoms with E-state index in [0.29, 0.717) is 6.54 Å². The van der Waals surface area contributed by atoms with Gasteiger partial charge in [-0.2, -0.15) is 0 Å². The molecule has 4 N–H and O–H groups in total. The van der Waals surface area contributed by atoms with Gasteiger partial charge in [-0.05, 0) is 25.5 Å². The van der Waals surface area contributed by atoms with Crippen molar-refractivity contribution in [2.45, 2.75) is 26.4 Å². The Morgan fingerprint density at radius 3 is 2.74 bits per heavy atom. The second kappa shape index (κ2) is 6.63. The Morgan fingerprint density at radius 2 is 2.16 bits per heavy atom. The lowest BCUT2D eigenvalue weighted by Gasteiger charge is -2.17. The fourth-order valence-electron chi connectivity index (χ4n) is 1.48. The van der Waals surface area contributed by atoms with Crippen LogP contribution in [0.25, 0.3) is 0 Å². The van der Waals surface area contributed by atoms with Gasteiger partial charge in [0.05, 0.1) is 5.69 Å². The molecule has 0 bridgehead atoms. The highest BCUT2D eigenvalue weighted by atomic mass is 16.5. The molecule has 0 spiro atoms. The highest BCUT2D eigenvalue weighted by Crippen LogP contribution is 2.27. The van der Waals surface area contributed by atoms with Crippen molar-refractivity contribution in [1.82, 2.24) is 5.32 Å². The molecular formula is C13H18N2O4. The van der Waals surface area contributed by atoms with Crippen molar-refractivity contribution in [1.29, 1.82) is 0 Å². The molecule has 0 aliphatic rings. The number of para-hydroxylation sites is 1. The fourth-order valence-corrected chi connectivity index (χ4v) is 1.48. The molecule has 1 aromatic rings. The van der Waals surface area contributed by atoms with Gasteiger partial charge in [-0.15, -0.1) is 0 Å². The summed E-state index contributed by atoms with van der Waals surface area (Å²) >= 11 is 0. The van der Waals surface area contributed by atoms with Crippen LogP contribution in [0.3, 0.4) is 0 Å². The molecule has 0 aliphatic carbocycles. The van der Waals surface area contributed by atoms with Crippen LogP contribution in [-0.4, -0.2) is 29.6 Å². The maximum absolute atomic E-state index is 11.7. The van der Waals surface area contributed by atoms with E-state index < -0.39 is 12.1 Å². The predicted molar refractivity (Wildman–Crippen MR) is 71.2 cm³/mol. The number of carboxylic acids is 1. The lowest BCUT2D eigenvalue weighted by molar-refractivity contribution is -0.127. The Bertz CT molecular complexity index is 474. The average molecular weight is 266 g/mol. The summed E-state index contributed by atoms with van der Waals surface area (Å²) < 4.78 is 5.38. The number of benzene rings is 1. The number of carbonyl (C=O) groups excluding carboxylic acids is 1. The molecule has 0 aliphatic heterocycles. The van der Waals surface area contributed by atoms with E-state index in [9.17, 15) is 9.59 Å². The molecule has 0 saturated carbocycles. The number of anilines is 1. The number of rotatable bonds is 6. The summed E-state index contributed by atoms with van der Waals surface area (Å²) in [5.74, 6) is -1.43. The molecule has 0 radical (unpaired) electrons. The van der Waals surface area contributed by atoms with Gasteiger partial charge in [0, 0.05) is 6.54 Å². The minimum absolute atomic E-state index is 0.0224. The van der Waals surface area contributed by atoms with Crippen LogP contribution in [0.2, 0.25) is 0 Å². The number of carbonyl (C=O) groups is 2. The fraction of sp³-hybridized carbons (Fsp3) is 0.385. The quantitative estimate of drug-likeness (QED) is 0.673. The van der Waals surface area contributed by atoms with Gasteiger partial charge >= 0.3 is 5.97 Å². The largest absolute Gasteiger partial charge is 0.478 e. The number of amides is 1. The number of ether oxygens (including phenoxy) is 1. The summed E-state index contributed by atoms with van der Waals surface area (Å²) in [6, 6.07) is 4.43. The van der Waals surface area contributed by atoms with E-state index in [1.165, 1.54) is 18.2 Å². The Morgan fingerprint density at radius 1 is 1.47 bits per heavy atom. The van der Waals surface area contributed by atoms with E-state index in [-0.39, 0.29) is 22.9 Å². The number of hydrogen-bond donors (Lipinski definition) is 3. The number of hydrogen-bond acceptors (Lipinski definition) is 4. The normalized spacial score (nSPS) is 11.7. The third-order valence-corrected chi connectivity index (χ3v) is 2.49. The van der Waals surface area contributed by atoms with Gasteiger partial charge < -0.3 is 20.9 Å². The van der Waals surface area contributed by atoms with Crippen LogP contribution in [0.4, 0.5) is 5.69 Å². The topological polar surface area (TPSA) is 102 Å². The highest BCUT2D eigenvalue weighted by Gasteiger charge is 2.20. The first kappa shape index (κ1) is 14.8. The SMILES string of the molecule is CCCNC(=O)C(C)Oc1c(N)cccc1C(=O)O. The van der Waals surface area contributed by atoms with Gasteiger partial charge in [-0.25, -0.2) is 4.79 Å². The Kier molecular flexibility index (Phi) is 5.17. The van der Waals surface area contributed by atoms with Crippen molar-refractivity contribution in [3.05, 3.63) is 23.8 Å². The molecule has 0 aromatic heterocycles. The van der Waals surface area contributed by atoms with Crippen LogP contribution < -0.4 is 15.8 Å². The second-order valence-corrected chi connectivity index (χ2v) is 4.08. The molecule has 1 amide bonds. The zero-order chi connectivity index (χ0) is 14.4. The van der Waals surface area contributed by atoms with Crippen molar-refractivity contribution < 1.29 is 19.4 Å². The van der Waals surface area contributed by atoms with E-state index in [1.54, 1.807) is 6.92 Å². The first-order chi connectivity index (χ1) is 8.97. The number of nitrogens with one attached hydrogen (secondary N) is 1. The van der Waals surface area contributed by atoms with Crippen molar-refractivity contribution in [2.24, 2.45) is 0 Å². The number of nitrogens with two attached hydrogens (primary N) is 1. The van der Waals surface area contributed by atoms with Crippen molar-refractivity contribution in [3.8, 4) is 5.75 Å². The summed E-state index contributed by atoms with van der Waals surface area (Å²) in [4.78, 5) is 22.7. The molecule has 1 rings (SSSR count). The number of nitrogen functional groups attached to an aromatic ring is 1. The summed E-state index contributed by atoms with van der Waals surface area (Å²) in [5, 5.41) is 11.7. The van der Waals surface area contributed by atoms with Crippen LogP contribution in [0.5, 0.6) is 5.75 Å². The third-order valence-electron chi connectivity index (χ3n) is 2.49. The van der Waals surface area contributed by atoms with Crippen LogP contribution >= 0.6 is 0 Å². The molecule has 19 heavy (non-hydrogen) atoms. The minimum Gasteiger partial charge on any atom is -0.478 e. The lowest BCUT2D eigenvalue weighted by atomic mass is 10.1.